The lowest BCUT2D eigenvalue weighted by atomic mass is 10.1. The molecule has 0 unspecified atom stereocenters. The van der Waals surface area contributed by atoms with Gasteiger partial charge in [0.2, 0.25) is 0 Å². The maximum absolute atomic E-state index is 11.9. The number of hydrogen-bond acceptors (Lipinski definition) is 3. The number of morpholine rings is 1. The van der Waals surface area contributed by atoms with E-state index in [1.54, 1.807) is 4.90 Å². The number of amides is 1. The van der Waals surface area contributed by atoms with Gasteiger partial charge >= 0.3 is 0 Å². The molecule has 0 aromatic heterocycles. The molecule has 5 heteroatoms. The second-order valence-corrected chi connectivity index (χ2v) is 6.11. The van der Waals surface area contributed by atoms with Crippen molar-refractivity contribution >= 4 is 16.7 Å². The molecule has 0 atom stereocenters. The van der Waals surface area contributed by atoms with Gasteiger partial charge < -0.3 is 19.7 Å². The molecule has 1 heterocycles. The summed E-state index contributed by atoms with van der Waals surface area (Å²) in [4.78, 5) is 13.4. The zero-order valence-electron chi connectivity index (χ0n) is 13.9. The van der Waals surface area contributed by atoms with Gasteiger partial charge in [0.1, 0.15) is 18.8 Å². The Bertz CT molecular complexity index is 668. The fourth-order valence-corrected chi connectivity index (χ4v) is 2.93. The molecule has 1 aliphatic rings. The summed E-state index contributed by atoms with van der Waals surface area (Å²) < 4.78 is 10.9. The lowest BCUT2D eigenvalue weighted by Gasteiger charge is -2.23. The van der Waals surface area contributed by atoms with Crippen LogP contribution in [0.2, 0.25) is 0 Å². The summed E-state index contributed by atoms with van der Waals surface area (Å²) in [5, 5.41) is 5.20. The molecular formula is C19H25N2O3+. The number of quaternary nitrogens is 1. The van der Waals surface area contributed by atoms with Crippen molar-refractivity contribution in [2.24, 2.45) is 0 Å². The van der Waals surface area contributed by atoms with Crippen LogP contribution in [-0.4, -0.2) is 51.9 Å². The predicted molar refractivity (Wildman–Crippen MR) is 93.5 cm³/mol. The minimum absolute atomic E-state index is 0.0583. The molecule has 24 heavy (non-hydrogen) atoms. The van der Waals surface area contributed by atoms with Crippen molar-refractivity contribution in [1.82, 2.24) is 5.32 Å². The zero-order valence-corrected chi connectivity index (χ0v) is 13.9. The molecular weight excluding hydrogens is 304 g/mol. The van der Waals surface area contributed by atoms with Crippen molar-refractivity contribution in [2.75, 3.05) is 46.0 Å². The number of hydrogen-bond donors (Lipinski definition) is 2. The first-order chi connectivity index (χ1) is 11.8. The second-order valence-electron chi connectivity index (χ2n) is 6.11. The van der Waals surface area contributed by atoms with Crippen LogP contribution < -0.4 is 15.0 Å². The number of rotatable bonds is 7. The van der Waals surface area contributed by atoms with Gasteiger partial charge in [-0.05, 0) is 22.9 Å². The molecule has 1 amide bonds. The first kappa shape index (κ1) is 16.7. The van der Waals surface area contributed by atoms with Crippen molar-refractivity contribution in [2.45, 2.75) is 6.42 Å². The number of carbonyl (C=O) groups excluding carboxylic acids is 1. The van der Waals surface area contributed by atoms with Gasteiger partial charge in [-0.15, -0.1) is 0 Å². The Morgan fingerprint density at radius 3 is 2.75 bits per heavy atom. The number of ether oxygens (including phenoxy) is 2. The molecule has 0 radical (unpaired) electrons. The first-order valence-corrected chi connectivity index (χ1v) is 8.61. The third kappa shape index (κ3) is 4.94. The largest absolute Gasteiger partial charge is 0.484 e. The van der Waals surface area contributed by atoms with E-state index in [-0.39, 0.29) is 12.5 Å². The average Bonchev–Trinajstić information content (AvgIpc) is 2.64. The SMILES string of the molecule is O=C(COc1ccc2ccccc2c1)NCCC[NH+]1CCOCC1. The highest BCUT2D eigenvalue weighted by molar-refractivity contribution is 5.84. The summed E-state index contributed by atoms with van der Waals surface area (Å²) in [6.07, 6.45) is 0.983. The fourth-order valence-electron chi connectivity index (χ4n) is 2.93. The highest BCUT2D eigenvalue weighted by Crippen LogP contribution is 2.20. The second kappa shape index (κ2) is 8.66. The van der Waals surface area contributed by atoms with E-state index in [4.69, 9.17) is 9.47 Å². The summed E-state index contributed by atoms with van der Waals surface area (Å²) >= 11 is 0. The van der Waals surface area contributed by atoms with Gasteiger partial charge in [-0.25, -0.2) is 0 Å². The maximum atomic E-state index is 11.9. The van der Waals surface area contributed by atoms with E-state index in [0.29, 0.717) is 6.54 Å². The van der Waals surface area contributed by atoms with Crippen molar-refractivity contribution in [1.29, 1.82) is 0 Å². The lowest BCUT2D eigenvalue weighted by Crippen LogP contribution is -3.14. The Kier molecular flexibility index (Phi) is 6.04. The van der Waals surface area contributed by atoms with Gasteiger partial charge in [0.25, 0.3) is 5.91 Å². The molecule has 5 nitrogen and oxygen atoms in total. The molecule has 3 rings (SSSR count). The van der Waals surface area contributed by atoms with Crippen LogP contribution in [0.3, 0.4) is 0 Å². The molecule has 0 saturated carbocycles. The van der Waals surface area contributed by atoms with Gasteiger partial charge in [-0.1, -0.05) is 30.3 Å². The van der Waals surface area contributed by atoms with E-state index >= 15 is 0 Å². The zero-order chi connectivity index (χ0) is 16.6. The topological polar surface area (TPSA) is 52.0 Å². The number of benzene rings is 2. The molecule has 0 bridgehead atoms. The standard InChI is InChI=1S/C19H24N2O3/c22-19(20-8-3-9-21-10-12-23-13-11-21)15-24-18-7-6-16-4-1-2-5-17(16)14-18/h1-2,4-7,14H,3,8-13,15H2,(H,20,22)/p+1. The van der Waals surface area contributed by atoms with Crippen LogP contribution in [0.25, 0.3) is 10.8 Å². The van der Waals surface area contributed by atoms with Crippen molar-refractivity contribution in [3.8, 4) is 5.75 Å². The van der Waals surface area contributed by atoms with E-state index in [9.17, 15) is 4.79 Å². The Labute approximate surface area is 142 Å². The van der Waals surface area contributed by atoms with Crippen molar-refractivity contribution in [3.05, 3.63) is 42.5 Å². The minimum atomic E-state index is -0.0693. The molecule has 2 N–H and O–H groups in total. The first-order valence-electron chi connectivity index (χ1n) is 8.61. The van der Waals surface area contributed by atoms with Crippen LogP contribution in [0.15, 0.2) is 42.5 Å². The van der Waals surface area contributed by atoms with E-state index in [1.807, 2.05) is 36.4 Å². The highest BCUT2D eigenvalue weighted by Gasteiger charge is 2.13. The van der Waals surface area contributed by atoms with Crippen LogP contribution in [-0.2, 0) is 9.53 Å². The Morgan fingerprint density at radius 2 is 1.92 bits per heavy atom. The van der Waals surface area contributed by atoms with Crippen LogP contribution in [0, 0.1) is 0 Å². The third-order valence-electron chi connectivity index (χ3n) is 4.32. The van der Waals surface area contributed by atoms with Gasteiger partial charge in [-0.2, -0.15) is 0 Å². The molecule has 1 fully saturated rings. The smallest absolute Gasteiger partial charge is 0.257 e. The normalized spacial score (nSPS) is 15.3. The Balaban J connectivity index is 1.35. The summed E-state index contributed by atoms with van der Waals surface area (Å²) in [5.41, 5.74) is 0. The van der Waals surface area contributed by atoms with Gasteiger partial charge in [0.05, 0.1) is 19.8 Å². The highest BCUT2D eigenvalue weighted by atomic mass is 16.5. The number of carbonyl (C=O) groups is 1. The molecule has 2 aromatic carbocycles. The molecule has 1 aliphatic heterocycles. The third-order valence-corrected chi connectivity index (χ3v) is 4.32. The molecule has 128 valence electrons. The molecule has 2 aromatic rings. The van der Waals surface area contributed by atoms with Crippen LogP contribution in [0.5, 0.6) is 5.75 Å². The van der Waals surface area contributed by atoms with Crippen LogP contribution in [0.1, 0.15) is 6.42 Å². The summed E-state index contributed by atoms with van der Waals surface area (Å²) in [5.74, 6) is 0.654. The van der Waals surface area contributed by atoms with E-state index in [0.717, 1.165) is 50.4 Å². The predicted octanol–water partition coefficient (Wildman–Crippen LogP) is 0.640. The quantitative estimate of drug-likeness (QED) is 0.733. The van der Waals surface area contributed by atoms with E-state index < -0.39 is 0 Å². The lowest BCUT2D eigenvalue weighted by molar-refractivity contribution is -0.908. The summed E-state index contributed by atoms with van der Waals surface area (Å²) in [6.45, 7) is 5.67. The maximum Gasteiger partial charge on any atom is 0.257 e. The Morgan fingerprint density at radius 1 is 1.12 bits per heavy atom. The van der Waals surface area contributed by atoms with Crippen molar-refractivity contribution in [3.63, 3.8) is 0 Å². The Hall–Kier alpha value is -2.11. The van der Waals surface area contributed by atoms with Gasteiger partial charge in [-0.3, -0.25) is 4.79 Å². The van der Waals surface area contributed by atoms with Gasteiger partial charge in [0, 0.05) is 13.0 Å². The monoisotopic (exact) mass is 329 g/mol. The van der Waals surface area contributed by atoms with E-state index in [2.05, 4.69) is 11.4 Å². The molecule has 1 saturated heterocycles. The van der Waals surface area contributed by atoms with Gasteiger partial charge in [0.15, 0.2) is 6.61 Å². The number of fused-ring (bicyclic) bond motifs is 1. The minimum Gasteiger partial charge on any atom is -0.484 e. The van der Waals surface area contributed by atoms with Crippen LogP contribution in [0.4, 0.5) is 0 Å². The van der Waals surface area contributed by atoms with Crippen molar-refractivity contribution < 1.29 is 19.2 Å². The molecule has 0 spiro atoms. The summed E-state index contributed by atoms with van der Waals surface area (Å²) in [7, 11) is 0. The van der Waals surface area contributed by atoms with Crippen LogP contribution >= 0.6 is 0 Å². The fraction of sp³-hybridized carbons (Fsp3) is 0.421. The van der Waals surface area contributed by atoms with E-state index in [1.165, 1.54) is 5.39 Å². The molecule has 0 aliphatic carbocycles. The summed E-state index contributed by atoms with van der Waals surface area (Å²) in [6, 6.07) is 14.0. The number of nitrogens with one attached hydrogen (secondary N) is 2. The average molecular weight is 329 g/mol.